The summed E-state index contributed by atoms with van der Waals surface area (Å²) in [4.78, 5) is 4.46. The van der Waals surface area contributed by atoms with Gasteiger partial charge in [0.1, 0.15) is 30.9 Å². The van der Waals surface area contributed by atoms with Gasteiger partial charge < -0.3 is 19.3 Å². The molecule has 2 aromatic carbocycles. The molecule has 1 unspecified atom stereocenters. The third-order valence-electron chi connectivity index (χ3n) is 6.02. The predicted octanol–water partition coefficient (Wildman–Crippen LogP) is 4.58. The average molecular weight is 539 g/mol. The molecule has 1 atom stereocenters. The van der Waals surface area contributed by atoms with Crippen LogP contribution in [0.4, 0.5) is 4.39 Å². The van der Waals surface area contributed by atoms with Crippen molar-refractivity contribution < 1.29 is 23.7 Å². The van der Waals surface area contributed by atoms with Crippen molar-refractivity contribution in [1.82, 2.24) is 9.80 Å². The summed E-state index contributed by atoms with van der Waals surface area (Å²) in [5.74, 6) is 2.27. The van der Waals surface area contributed by atoms with Gasteiger partial charge in [-0.2, -0.15) is 0 Å². The lowest BCUT2D eigenvalue weighted by Crippen LogP contribution is -2.35. The largest absolute Gasteiger partial charge is 0.493 e. The van der Waals surface area contributed by atoms with E-state index in [4.69, 9.17) is 14.2 Å². The van der Waals surface area contributed by atoms with Gasteiger partial charge in [0.25, 0.3) is 0 Å². The Morgan fingerprint density at radius 2 is 1.91 bits per heavy atom. The number of methoxy groups -OCH3 is 1. The monoisotopic (exact) mass is 538 g/mol. The highest BCUT2D eigenvalue weighted by Crippen LogP contribution is 2.29. The molecule has 2 aromatic rings. The Kier molecular flexibility index (Phi) is 10.4. The highest BCUT2D eigenvalue weighted by Gasteiger charge is 2.16. The van der Waals surface area contributed by atoms with Crippen molar-refractivity contribution in [2.24, 2.45) is 5.92 Å². The van der Waals surface area contributed by atoms with Crippen molar-refractivity contribution in [2.75, 3.05) is 53.6 Å². The van der Waals surface area contributed by atoms with E-state index in [1.807, 2.05) is 30.1 Å². The topological polar surface area (TPSA) is 54.4 Å². The number of piperidine rings is 1. The van der Waals surface area contributed by atoms with Gasteiger partial charge in [-0.1, -0.05) is 28.9 Å². The van der Waals surface area contributed by atoms with E-state index in [1.54, 1.807) is 13.2 Å². The van der Waals surface area contributed by atoms with Gasteiger partial charge in [0.2, 0.25) is 0 Å². The van der Waals surface area contributed by atoms with Crippen LogP contribution in [0.15, 0.2) is 40.9 Å². The Morgan fingerprint density at radius 1 is 1.15 bits per heavy atom. The third-order valence-corrected chi connectivity index (χ3v) is 6.48. The molecule has 188 valence electrons. The predicted molar refractivity (Wildman–Crippen MR) is 135 cm³/mol. The standard InChI is InChI=1S/C26H36BrFN2O4/c1-19-6-8-30(9-7-19)10-11-33-25-5-4-20(12-26(25)32-3)16-29(2)17-23(31)18-34-24-14-21(27)13-22(28)15-24/h4-5,12-15,19,23,31H,6-11,16-18H2,1-3H3. The van der Waals surface area contributed by atoms with Crippen LogP contribution < -0.4 is 14.2 Å². The highest BCUT2D eigenvalue weighted by atomic mass is 79.9. The molecule has 1 aliphatic heterocycles. The van der Waals surface area contributed by atoms with Crippen LogP contribution in [0.3, 0.4) is 0 Å². The number of hydrogen-bond acceptors (Lipinski definition) is 6. The normalized spacial score (nSPS) is 16.0. The lowest BCUT2D eigenvalue weighted by atomic mass is 9.99. The minimum absolute atomic E-state index is 0.0757. The SMILES string of the molecule is COc1cc(CN(C)CC(O)COc2cc(F)cc(Br)c2)ccc1OCCN1CCC(C)CC1. The molecule has 0 bridgehead atoms. The smallest absolute Gasteiger partial charge is 0.161 e. The van der Waals surface area contributed by atoms with Crippen molar-refractivity contribution in [3.8, 4) is 17.2 Å². The number of halogens is 2. The summed E-state index contributed by atoms with van der Waals surface area (Å²) in [6.07, 6.45) is 1.80. The van der Waals surface area contributed by atoms with Gasteiger partial charge in [0.05, 0.1) is 7.11 Å². The van der Waals surface area contributed by atoms with E-state index in [0.29, 0.717) is 35.7 Å². The molecule has 1 N–H and O–H groups in total. The first kappa shape index (κ1) is 26.7. The fourth-order valence-electron chi connectivity index (χ4n) is 4.09. The summed E-state index contributed by atoms with van der Waals surface area (Å²) in [5, 5.41) is 10.3. The zero-order valence-electron chi connectivity index (χ0n) is 20.3. The summed E-state index contributed by atoms with van der Waals surface area (Å²) in [7, 11) is 3.58. The number of nitrogens with zero attached hydrogens (tertiary/aromatic N) is 2. The fraction of sp³-hybridized carbons (Fsp3) is 0.538. The van der Waals surface area contributed by atoms with E-state index in [9.17, 15) is 9.50 Å². The lowest BCUT2D eigenvalue weighted by Gasteiger charge is -2.30. The maximum Gasteiger partial charge on any atom is 0.161 e. The van der Waals surface area contributed by atoms with Gasteiger partial charge in [-0.25, -0.2) is 4.39 Å². The van der Waals surface area contributed by atoms with Crippen LogP contribution in [-0.4, -0.2) is 74.6 Å². The average Bonchev–Trinajstić information content (AvgIpc) is 2.79. The van der Waals surface area contributed by atoms with E-state index in [0.717, 1.165) is 36.9 Å². The molecule has 8 heteroatoms. The van der Waals surface area contributed by atoms with Crippen LogP contribution in [0.25, 0.3) is 0 Å². The highest BCUT2D eigenvalue weighted by molar-refractivity contribution is 9.10. The van der Waals surface area contributed by atoms with Gasteiger partial charge >= 0.3 is 0 Å². The summed E-state index contributed by atoms with van der Waals surface area (Å²) in [6, 6.07) is 10.3. The van der Waals surface area contributed by atoms with Crippen LogP contribution in [0, 0.1) is 11.7 Å². The number of hydrogen-bond donors (Lipinski definition) is 1. The molecule has 1 aliphatic rings. The Bertz CT molecular complexity index is 888. The van der Waals surface area contributed by atoms with Gasteiger partial charge in [-0.15, -0.1) is 0 Å². The Balaban J connectivity index is 1.44. The van der Waals surface area contributed by atoms with Crippen LogP contribution in [-0.2, 0) is 6.54 Å². The first-order chi connectivity index (χ1) is 16.3. The van der Waals surface area contributed by atoms with Crippen molar-refractivity contribution >= 4 is 15.9 Å². The van der Waals surface area contributed by atoms with Crippen molar-refractivity contribution in [1.29, 1.82) is 0 Å². The Hall–Kier alpha value is -1.87. The second-order valence-electron chi connectivity index (χ2n) is 9.12. The molecule has 1 fully saturated rings. The number of ether oxygens (including phenoxy) is 3. The van der Waals surface area contributed by atoms with Crippen LogP contribution in [0.5, 0.6) is 17.2 Å². The maximum atomic E-state index is 13.5. The van der Waals surface area contributed by atoms with Crippen LogP contribution in [0.1, 0.15) is 25.3 Å². The molecule has 0 amide bonds. The Labute approximate surface area is 210 Å². The van der Waals surface area contributed by atoms with Gasteiger partial charge in [-0.05, 0) is 68.7 Å². The first-order valence-electron chi connectivity index (χ1n) is 11.8. The zero-order valence-corrected chi connectivity index (χ0v) is 21.9. The number of likely N-dealkylation sites (tertiary alicyclic amines) is 1. The number of benzene rings is 2. The van der Waals surface area contributed by atoms with E-state index in [2.05, 4.69) is 27.8 Å². The zero-order chi connectivity index (χ0) is 24.5. The van der Waals surface area contributed by atoms with Crippen molar-refractivity contribution in [3.63, 3.8) is 0 Å². The lowest BCUT2D eigenvalue weighted by molar-refractivity contribution is 0.0742. The van der Waals surface area contributed by atoms with E-state index >= 15 is 0 Å². The van der Waals surface area contributed by atoms with Crippen LogP contribution in [0.2, 0.25) is 0 Å². The minimum atomic E-state index is -0.714. The molecule has 0 spiro atoms. The molecule has 6 nitrogen and oxygen atoms in total. The maximum absolute atomic E-state index is 13.5. The molecule has 34 heavy (non-hydrogen) atoms. The molecule has 0 aromatic heterocycles. The third kappa shape index (κ3) is 8.73. The Morgan fingerprint density at radius 3 is 2.62 bits per heavy atom. The number of rotatable bonds is 12. The fourth-order valence-corrected chi connectivity index (χ4v) is 4.54. The quantitative estimate of drug-likeness (QED) is 0.427. The van der Waals surface area contributed by atoms with Crippen molar-refractivity contribution in [2.45, 2.75) is 32.4 Å². The van der Waals surface area contributed by atoms with E-state index in [-0.39, 0.29) is 6.61 Å². The van der Waals surface area contributed by atoms with Gasteiger partial charge in [0.15, 0.2) is 11.5 Å². The number of aliphatic hydroxyl groups is 1. The molecule has 3 rings (SSSR count). The summed E-state index contributed by atoms with van der Waals surface area (Å²) in [6.45, 7) is 7.28. The molecular weight excluding hydrogens is 503 g/mol. The molecule has 1 heterocycles. The van der Waals surface area contributed by atoms with E-state index in [1.165, 1.54) is 25.0 Å². The minimum Gasteiger partial charge on any atom is -0.493 e. The first-order valence-corrected chi connectivity index (χ1v) is 12.6. The van der Waals surface area contributed by atoms with Crippen LogP contribution >= 0.6 is 15.9 Å². The molecule has 0 aliphatic carbocycles. The summed E-state index contributed by atoms with van der Waals surface area (Å²) < 4.78 is 31.1. The molecule has 1 saturated heterocycles. The molecule has 0 radical (unpaired) electrons. The van der Waals surface area contributed by atoms with Crippen molar-refractivity contribution in [3.05, 3.63) is 52.3 Å². The summed E-state index contributed by atoms with van der Waals surface area (Å²) >= 11 is 3.24. The summed E-state index contributed by atoms with van der Waals surface area (Å²) in [5.41, 5.74) is 1.05. The second kappa shape index (κ2) is 13.3. The molecular formula is C26H36BrFN2O4. The van der Waals surface area contributed by atoms with E-state index < -0.39 is 11.9 Å². The second-order valence-corrected chi connectivity index (χ2v) is 10.0. The van der Waals surface area contributed by atoms with Gasteiger partial charge in [-0.3, -0.25) is 9.80 Å². The van der Waals surface area contributed by atoms with Gasteiger partial charge in [0, 0.05) is 30.2 Å². The number of likely N-dealkylation sites (N-methyl/N-ethyl adjacent to an activating group) is 1. The number of aliphatic hydroxyl groups excluding tert-OH is 1. The molecule has 0 saturated carbocycles.